The summed E-state index contributed by atoms with van der Waals surface area (Å²) in [6.45, 7) is 8.74. The summed E-state index contributed by atoms with van der Waals surface area (Å²) in [5.41, 5.74) is 0.268. The Balaban J connectivity index is 2.65. The molecule has 1 atom stereocenters. The third-order valence-electron chi connectivity index (χ3n) is 4.24. The molecule has 0 radical (unpaired) electrons. The van der Waals surface area contributed by atoms with Crippen molar-refractivity contribution < 1.29 is 19.1 Å². The Kier molecular flexibility index (Phi) is 8.86. The maximum Gasteiger partial charge on any atom is 0.334 e. The second kappa shape index (κ2) is 10.4. The molecule has 0 bridgehead atoms. The van der Waals surface area contributed by atoms with E-state index in [1.807, 2.05) is 13.8 Å². The molecule has 0 amide bonds. The van der Waals surface area contributed by atoms with Crippen LogP contribution in [0.5, 0.6) is 0 Å². The molecule has 0 aromatic rings. The van der Waals surface area contributed by atoms with Gasteiger partial charge in [-0.15, -0.1) is 0 Å². The van der Waals surface area contributed by atoms with Gasteiger partial charge in [0.15, 0.2) is 0 Å². The van der Waals surface area contributed by atoms with E-state index >= 15 is 0 Å². The first-order chi connectivity index (χ1) is 10.6. The molecule has 0 N–H and O–H groups in total. The topological polar surface area (TPSA) is 52.6 Å². The minimum Gasteiger partial charge on any atom is -0.465 e. The summed E-state index contributed by atoms with van der Waals surface area (Å²) in [7, 11) is 0. The fourth-order valence-electron chi connectivity index (χ4n) is 2.85. The van der Waals surface area contributed by atoms with Crippen LogP contribution in [-0.2, 0) is 19.1 Å². The van der Waals surface area contributed by atoms with Crippen molar-refractivity contribution >= 4 is 11.9 Å². The molecular weight excluding hydrogens is 280 g/mol. The number of esters is 2. The van der Waals surface area contributed by atoms with Gasteiger partial charge in [-0.3, -0.25) is 4.79 Å². The lowest BCUT2D eigenvalue weighted by Gasteiger charge is -2.23. The van der Waals surface area contributed by atoms with E-state index in [0.29, 0.717) is 13.2 Å². The molecule has 0 heterocycles. The molecule has 22 heavy (non-hydrogen) atoms. The Labute approximate surface area is 134 Å². The average molecular weight is 310 g/mol. The summed E-state index contributed by atoms with van der Waals surface area (Å²) in [5, 5.41) is 0. The fourth-order valence-corrected chi connectivity index (χ4v) is 2.85. The van der Waals surface area contributed by atoms with E-state index in [2.05, 4.69) is 6.58 Å². The van der Waals surface area contributed by atoms with Crippen molar-refractivity contribution in [3.8, 4) is 0 Å². The standard InChI is InChI=1S/C18H30O4/c1-4-6-12-21-17(19)14(3)16(15-10-8-9-11-15)18(20)22-13-7-5-2/h15-16H,3-13H2,1-2H3. The molecule has 1 saturated carbocycles. The quantitative estimate of drug-likeness (QED) is 0.347. The molecule has 1 fully saturated rings. The highest BCUT2D eigenvalue weighted by molar-refractivity contribution is 5.95. The van der Waals surface area contributed by atoms with E-state index in [0.717, 1.165) is 51.4 Å². The van der Waals surface area contributed by atoms with Crippen molar-refractivity contribution in [2.24, 2.45) is 11.8 Å². The van der Waals surface area contributed by atoms with Gasteiger partial charge in [0.2, 0.25) is 0 Å². The second-order valence-electron chi connectivity index (χ2n) is 6.06. The predicted octanol–water partition coefficient (Wildman–Crippen LogP) is 4.04. The van der Waals surface area contributed by atoms with Crippen LogP contribution in [0.4, 0.5) is 0 Å². The van der Waals surface area contributed by atoms with Gasteiger partial charge in [0.25, 0.3) is 0 Å². The van der Waals surface area contributed by atoms with Crippen molar-refractivity contribution in [2.45, 2.75) is 65.2 Å². The number of hydrogen-bond acceptors (Lipinski definition) is 4. The highest BCUT2D eigenvalue weighted by Gasteiger charge is 2.37. The van der Waals surface area contributed by atoms with Crippen molar-refractivity contribution in [3.05, 3.63) is 12.2 Å². The minimum atomic E-state index is -0.534. The lowest BCUT2D eigenvalue weighted by atomic mass is 9.85. The molecule has 0 saturated heterocycles. The lowest BCUT2D eigenvalue weighted by Crippen LogP contribution is -2.30. The molecule has 0 aliphatic heterocycles. The Morgan fingerprint density at radius 3 is 2.14 bits per heavy atom. The molecule has 4 heteroatoms. The van der Waals surface area contributed by atoms with E-state index in [4.69, 9.17) is 9.47 Å². The van der Waals surface area contributed by atoms with Crippen LogP contribution in [0, 0.1) is 11.8 Å². The van der Waals surface area contributed by atoms with Crippen LogP contribution in [0.2, 0.25) is 0 Å². The van der Waals surface area contributed by atoms with Crippen molar-refractivity contribution in [1.29, 1.82) is 0 Å². The summed E-state index contributed by atoms with van der Waals surface area (Å²) in [6, 6.07) is 0. The first kappa shape index (κ1) is 18.7. The number of unbranched alkanes of at least 4 members (excludes halogenated alkanes) is 2. The molecule has 0 spiro atoms. The first-order valence-electron chi connectivity index (χ1n) is 8.64. The van der Waals surface area contributed by atoms with Crippen LogP contribution in [0.25, 0.3) is 0 Å². The Hall–Kier alpha value is -1.32. The van der Waals surface area contributed by atoms with E-state index < -0.39 is 11.9 Å². The van der Waals surface area contributed by atoms with Gasteiger partial charge in [-0.25, -0.2) is 4.79 Å². The number of carbonyl (C=O) groups excluding carboxylic acids is 2. The van der Waals surface area contributed by atoms with Gasteiger partial charge < -0.3 is 9.47 Å². The summed E-state index contributed by atoms with van der Waals surface area (Å²) >= 11 is 0. The van der Waals surface area contributed by atoms with Crippen molar-refractivity contribution in [2.75, 3.05) is 13.2 Å². The molecule has 126 valence electrons. The molecule has 0 aromatic carbocycles. The van der Waals surface area contributed by atoms with Crippen LogP contribution in [-0.4, -0.2) is 25.2 Å². The van der Waals surface area contributed by atoms with E-state index in [9.17, 15) is 9.59 Å². The maximum absolute atomic E-state index is 12.4. The number of ether oxygens (including phenoxy) is 2. The number of carbonyl (C=O) groups is 2. The Morgan fingerprint density at radius 1 is 1.05 bits per heavy atom. The van der Waals surface area contributed by atoms with Crippen LogP contribution in [0.3, 0.4) is 0 Å². The van der Waals surface area contributed by atoms with Gasteiger partial charge in [0.1, 0.15) is 0 Å². The predicted molar refractivity (Wildman–Crippen MR) is 86.3 cm³/mol. The van der Waals surface area contributed by atoms with Gasteiger partial charge in [0, 0.05) is 5.57 Å². The fraction of sp³-hybridized carbons (Fsp3) is 0.778. The SMILES string of the molecule is C=C(C(=O)OCCCC)C(C(=O)OCCCC)C1CCCC1. The smallest absolute Gasteiger partial charge is 0.334 e. The van der Waals surface area contributed by atoms with Crippen LogP contribution >= 0.6 is 0 Å². The van der Waals surface area contributed by atoms with E-state index in [1.165, 1.54) is 0 Å². The van der Waals surface area contributed by atoms with Gasteiger partial charge in [0.05, 0.1) is 19.1 Å². The van der Waals surface area contributed by atoms with E-state index in [1.54, 1.807) is 0 Å². The van der Waals surface area contributed by atoms with Gasteiger partial charge in [-0.2, -0.15) is 0 Å². The second-order valence-corrected chi connectivity index (χ2v) is 6.06. The molecule has 1 unspecified atom stereocenters. The third kappa shape index (κ3) is 5.82. The van der Waals surface area contributed by atoms with Crippen LogP contribution in [0.1, 0.15) is 65.2 Å². The van der Waals surface area contributed by atoms with Crippen molar-refractivity contribution in [3.63, 3.8) is 0 Å². The highest BCUT2D eigenvalue weighted by atomic mass is 16.5. The normalized spacial score (nSPS) is 16.3. The zero-order chi connectivity index (χ0) is 16.4. The van der Waals surface area contributed by atoms with Crippen molar-refractivity contribution in [1.82, 2.24) is 0 Å². The number of rotatable bonds is 10. The van der Waals surface area contributed by atoms with Gasteiger partial charge >= 0.3 is 11.9 Å². The Morgan fingerprint density at radius 2 is 1.59 bits per heavy atom. The van der Waals surface area contributed by atoms with Crippen LogP contribution < -0.4 is 0 Å². The molecule has 0 aromatic heterocycles. The lowest BCUT2D eigenvalue weighted by molar-refractivity contribution is -0.152. The highest BCUT2D eigenvalue weighted by Crippen LogP contribution is 2.36. The zero-order valence-electron chi connectivity index (χ0n) is 14.1. The molecule has 4 nitrogen and oxygen atoms in total. The average Bonchev–Trinajstić information content (AvgIpc) is 3.01. The Bertz CT molecular complexity index is 369. The monoisotopic (exact) mass is 310 g/mol. The first-order valence-corrected chi connectivity index (χ1v) is 8.64. The van der Waals surface area contributed by atoms with Gasteiger partial charge in [-0.05, 0) is 31.6 Å². The summed E-state index contributed by atoms with van der Waals surface area (Å²) < 4.78 is 10.6. The minimum absolute atomic E-state index is 0.167. The summed E-state index contributed by atoms with van der Waals surface area (Å²) in [5.74, 6) is -1.12. The van der Waals surface area contributed by atoms with Gasteiger partial charge in [-0.1, -0.05) is 46.1 Å². The zero-order valence-corrected chi connectivity index (χ0v) is 14.1. The maximum atomic E-state index is 12.4. The molecule has 1 rings (SSSR count). The number of hydrogen-bond donors (Lipinski definition) is 0. The summed E-state index contributed by atoms with van der Waals surface area (Å²) in [4.78, 5) is 24.5. The van der Waals surface area contributed by atoms with E-state index in [-0.39, 0.29) is 17.5 Å². The summed E-state index contributed by atoms with van der Waals surface area (Å²) in [6.07, 6.45) is 7.71. The molecular formula is C18H30O4. The largest absolute Gasteiger partial charge is 0.465 e. The van der Waals surface area contributed by atoms with Crippen LogP contribution in [0.15, 0.2) is 12.2 Å². The molecule has 1 aliphatic carbocycles. The third-order valence-corrected chi connectivity index (χ3v) is 4.24. The molecule has 1 aliphatic rings.